The molecule has 0 bridgehead atoms. The third kappa shape index (κ3) is 1.79. The Hall–Kier alpha value is -2.54. The van der Waals surface area contributed by atoms with Gasteiger partial charge in [-0.2, -0.15) is 0 Å². The summed E-state index contributed by atoms with van der Waals surface area (Å²) in [6, 6.07) is 8.28. The molecule has 0 radical (unpaired) electrons. The summed E-state index contributed by atoms with van der Waals surface area (Å²) in [5.41, 5.74) is -0.467. The van der Waals surface area contributed by atoms with Gasteiger partial charge in [0.2, 0.25) is 0 Å². The minimum Gasteiger partial charge on any atom is -0.477 e. The first-order chi connectivity index (χ1) is 8.15. The molecule has 1 heterocycles. The first-order valence-electron chi connectivity index (χ1n) is 4.94. The van der Waals surface area contributed by atoms with Gasteiger partial charge in [0.1, 0.15) is 5.69 Å². The van der Waals surface area contributed by atoms with Crippen molar-refractivity contribution in [3.63, 3.8) is 0 Å². The number of hydrogen-bond acceptors (Lipinski definition) is 2. The smallest absolute Gasteiger partial charge is 0.352 e. The third-order valence-corrected chi connectivity index (χ3v) is 2.49. The monoisotopic (exact) mass is 227 g/mol. The zero-order valence-corrected chi connectivity index (χ0v) is 8.88. The fraction of sp³-hybridized carbons (Fsp3) is 0.0769. The average molecular weight is 227 g/mol. The van der Waals surface area contributed by atoms with Crippen LogP contribution in [0.4, 0.5) is 0 Å². The fourth-order valence-corrected chi connectivity index (χ4v) is 1.72. The van der Waals surface area contributed by atoms with E-state index in [0.29, 0.717) is 10.8 Å². The minimum atomic E-state index is -1.16. The molecule has 0 fully saturated rings. The maximum absolute atomic E-state index is 12.0. The number of carbonyl (C=O) groups is 1. The average Bonchev–Trinajstić information content (AvgIpc) is 2.32. The summed E-state index contributed by atoms with van der Waals surface area (Å²) in [5, 5.41) is 10.1. The van der Waals surface area contributed by atoms with Crippen molar-refractivity contribution in [1.82, 2.24) is 4.57 Å². The van der Waals surface area contributed by atoms with E-state index >= 15 is 0 Å². The van der Waals surface area contributed by atoms with Gasteiger partial charge in [0.25, 0.3) is 5.56 Å². The number of carboxylic acids is 1. The van der Waals surface area contributed by atoms with Gasteiger partial charge in [-0.15, -0.1) is 6.42 Å². The highest BCUT2D eigenvalue weighted by molar-refractivity contribution is 5.92. The van der Waals surface area contributed by atoms with Crippen LogP contribution in [0.2, 0.25) is 0 Å². The summed E-state index contributed by atoms with van der Waals surface area (Å²) in [6.45, 7) is -0.0503. The lowest BCUT2D eigenvalue weighted by Crippen LogP contribution is -2.25. The van der Waals surface area contributed by atoms with Crippen LogP contribution in [0, 0.1) is 12.3 Å². The maximum atomic E-state index is 12.0. The summed E-state index contributed by atoms with van der Waals surface area (Å²) < 4.78 is 1.09. The molecule has 2 rings (SSSR count). The minimum absolute atomic E-state index is 0.0503. The summed E-state index contributed by atoms with van der Waals surface area (Å²) >= 11 is 0. The molecule has 0 aliphatic rings. The molecule has 84 valence electrons. The van der Waals surface area contributed by atoms with E-state index in [9.17, 15) is 9.59 Å². The number of rotatable bonds is 2. The second kappa shape index (κ2) is 4.14. The van der Waals surface area contributed by atoms with Crippen molar-refractivity contribution in [2.24, 2.45) is 0 Å². The lowest BCUT2D eigenvalue weighted by atomic mass is 10.1. The summed E-state index contributed by atoms with van der Waals surface area (Å²) in [5.74, 6) is 1.12. The van der Waals surface area contributed by atoms with Crippen LogP contribution < -0.4 is 5.56 Å². The number of carboxylic acid groups (broad SMARTS) is 1. The van der Waals surface area contributed by atoms with Crippen molar-refractivity contribution in [2.75, 3.05) is 0 Å². The summed E-state index contributed by atoms with van der Waals surface area (Å²) in [6.07, 6.45) is 5.14. The van der Waals surface area contributed by atoms with Crippen molar-refractivity contribution in [3.8, 4) is 12.3 Å². The Kier molecular flexibility index (Phi) is 2.67. The van der Waals surface area contributed by atoms with Gasteiger partial charge in [-0.3, -0.25) is 9.36 Å². The Morgan fingerprint density at radius 1 is 1.41 bits per heavy atom. The van der Waals surface area contributed by atoms with Gasteiger partial charge in [0.15, 0.2) is 0 Å². The standard InChI is InChI=1S/C13H9NO3/c1-2-7-14-11(13(16)17)8-9-5-3-4-6-10(9)12(14)15/h1,3-6,8H,7H2,(H,16,17). The predicted molar refractivity (Wildman–Crippen MR) is 64.0 cm³/mol. The van der Waals surface area contributed by atoms with E-state index < -0.39 is 5.97 Å². The lowest BCUT2D eigenvalue weighted by molar-refractivity contribution is 0.0684. The molecule has 0 aliphatic heterocycles. The SMILES string of the molecule is C#CCn1c(C(=O)O)cc2ccccc2c1=O. The predicted octanol–water partition coefficient (Wildman–Crippen LogP) is 1.33. The Bertz CT molecular complexity index is 692. The highest BCUT2D eigenvalue weighted by Gasteiger charge is 2.13. The van der Waals surface area contributed by atoms with E-state index in [4.69, 9.17) is 11.5 Å². The molecule has 4 nitrogen and oxygen atoms in total. The molecule has 1 aromatic carbocycles. The molecular weight excluding hydrogens is 218 g/mol. The molecule has 2 aromatic rings. The second-order valence-corrected chi connectivity index (χ2v) is 3.52. The molecule has 4 heteroatoms. The Morgan fingerprint density at radius 3 is 2.76 bits per heavy atom. The molecule has 0 saturated carbocycles. The number of pyridine rings is 1. The molecule has 0 spiro atoms. The van der Waals surface area contributed by atoms with E-state index in [1.165, 1.54) is 6.07 Å². The fourth-order valence-electron chi connectivity index (χ4n) is 1.72. The number of hydrogen-bond donors (Lipinski definition) is 1. The van der Waals surface area contributed by atoms with Crippen LogP contribution in [0.3, 0.4) is 0 Å². The van der Waals surface area contributed by atoms with Gasteiger partial charge < -0.3 is 5.11 Å². The normalized spacial score (nSPS) is 10.1. The van der Waals surface area contributed by atoms with Gasteiger partial charge in [-0.25, -0.2) is 4.79 Å². The molecule has 0 saturated heterocycles. The number of fused-ring (bicyclic) bond motifs is 1. The molecule has 1 N–H and O–H groups in total. The van der Waals surface area contributed by atoms with Crippen molar-refractivity contribution in [3.05, 3.63) is 46.4 Å². The van der Waals surface area contributed by atoms with Crippen LogP contribution in [-0.4, -0.2) is 15.6 Å². The van der Waals surface area contributed by atoms with Crippen LogP contribution in [0.25, 0.3) is 10.8 Å². The van der Waals surface area contributed by atoms with Gasteiger partial charge in [-0.1, -0.05) is 24.1 Å². The largest absolute Gasteiger partial charge is 0.477 e. The van der Waals surface area contributed by atoms with Crippen molar-refractivity contribution < 1.29 is 9.90 Å². The Balaban J connectivity index is 2.90. The van der Waals surface area contributed by atoms with Gasteiger partial charge >= 0.3 is 5.97 Å². The molecule has 0 unspecified atom stereocenters. The number of nitrogens with zero attached hydrogens (tertiary/aromatic N) is 1. The highest BCUT2D eigenvalue weighted by Crippen LogP contribution is 2.11. The maximum Gasteiger partial charge on any atom is 0.352 e. The van der Waals surface area contributed by atoms with Crippen molar-refractivity contribution >= 4 is 16.7 Å². The lowest BCUT2D eigenvalue weighted by Gasteiger charge is -2.08. The Morgan fingerprint density at radius 2 is 2.12 bits per heavy atom. The van der Waals surface area contributed by atoms with Gasteiger partial charge in [-0.05, 0) is 17.5 Å². The van der Waals surface area contributed by atoms with E-state index in [1.807, 2.05) is 0 Å². The van der Waals surface area contributed by atoms with Gasteiger partial charge in [0.05, 0.1) is 6.54 Å². The molecule has 0 amide bonds. The van der Waals surface area contributed by atoms with Crippen LogP contribution in [0.5, 0.6) is 0 Å². The first kappa shape index (κ1) is 11.0. The zero-order chi connectivity index (χ0) is 12.4. The summed E-state index contributed by atoms with van der Waals surface area (Å²) in [7, 11) is 0. The van der Waals surface area contributed by atoms with Crippen LogP contribution in [0.15, 0.2) is 35.1 Å². The van der Waals surface area contributed by atoms with Crippen LogP contribution in [-0.2, 0) is 6.54 Å². The highest BCUT2D eigenvalue weighted by atomic mass is 16.4. The number of benzene rings is 1. The summed E-state index contributed by atoms with van der Waals surface area (Å²) in [4.78, 5) is 23.1. The third-order valence-electron chi connectivity index (χ3n) is 2.49. The van der Waals surface area contributed by atoms with Crippen LogP contribution in [0.1, 0.15) is 10.5 Å². The molecular formula is C13H9NO3. The topological polar surface area (TPSA) is 59.3 Å². The van der Waals surface area contributed by atoms with E-state index in [0.717, 1.165) is 4.57 Å². The van der Waals surface area contributed by atoms with E-state index in [-0.39, 0.29) is 17.8 Å². The quantitative estimate of drug-likeness (QED) is 0.787. The zero-order valence-electron chi connectivity index (χ0n) is 8.88. The van der Waals surface area contributed by atoms with E-state index in [2.05, 4.69) is 5.92 Å². The Labute approximate surface area is 97.1 Å². The second-order valence-electron chi connectivity index (χ2n) is 3.52. The van der Waals surface area contributed by atoms with E-state index in [1.54, 1.807) is 24.3 Å². The molecule has 1 aromatic heterocycles. The first-order valence-corrected chi connectivity index (χ1v) is 4.94. The van der Waals surface area contributed by atoms with Crippen LogP contribution >= 0.6 is 0 Å². The van der Waals surface area contributed by atoms with Crippen molar-refractivity contribution in [2.45, 2.75) is 6.54 Å². The number of terminal acetylenes is 1. The molecule has 0 aliphatic carbocycles. The molecule has 0 atom stereocenters. The number of aromatic carboxylic acids is 1. The van der Waals surface area contributed by atoms with Crippen molar-refractivity contribution in [1.29, 1.82) is 0 Å². The molecule has 17 heavy (non-hydrogen) atoms. The number of aromatic nitrogens is 1. The van der Waals surface area contributed by atoms with Gasteiger partial charge in [0, 0.05) is 5.39 Å².